The molecule has 0 fully saturated rings. The van der Waals surface area contributed by atoms with Crippen molar-refractivity contribution < 1.29 is 23.0 Å². The lowest BCUT2D eigenvalue weighted by molar-refractivity contribution is 0.102. The van der Waals surface area contributed by atoms with Gasteiger partial charge in [0.15, 0.2) is 17.3 Å². The van der Waals surface area contributed by atoms with Gasteiger partial charge in [-0.15, -0.1) is 0 Å². The van der Waals surface area contributed by atoms with E-state index in [1.807, 2.05) is 0 Å². The van der Waals surface area contributed by atoms with Crippen LogP contribution in [-0.4, -0.2) is 17.7 Å². The van der Waals surface area contributed by atoms with Gasteiger partial charge in [0.1, 0.15) is 0 Å². The number of aromatic nitrogens is 1. The third kappa shape index (κ3) is 2.47. The van der Waals surface area contributed by atoms with Gasteiger partial charge in [-0.05, 0) is 6.07 Å². The number of carbonyl (C=O) groups excluding carboxylic acids is 1. The highest BCUT2D eigenvalue weighted by molar-refractivity contribution is 6.34. The highest BCUT2D eigenvalue weighted by Gasteiger charge is 2.20. The van der Waals surface area contributed by atoms with Gasteiger partial charge < -0.3 is 14.8 Å². The van der Waals surface area contributed by atoms with E-state index in [0.717, 1.165) is 12.3 Å². The van der Waals surface area contributed by atoms with Crippen LogP contribution >= 0.6 is 11.6 Å². The molecule has 108 valence electrons. The Hall–Kier alpha value is -2.41. The second-order valence-corrected chi connectivity index (χ2v) is 4.51. The van der Waals surface area contributed by atoms with Gasteiger partial charge in [0.25, 0.3) is 5.91 Å². The van der Waals surface area contributed by atoms with Crippen LogP contribution in [0.25, 0.3) is 0 Å². The lowest BCUT2D eigenvalue weighted by Crippen LogP contribution is -2.15. The van der Waals surface area contributed by atoms with Crippen LogP contribution in [0.1, 0.15) is 10.4 Å². The van der Waals surface area contributed by atoms with E-state index in [1.165, 1.54) is 12.1 Å². The first kappa shape index (κ1) is 13.6. The molecule has 21 heavy (non-hydrogen) atoms. The second kappa shape index (κ2) is 5.17. The van der Waals surface area contributed by atoms with E-state index in [4.69, 9.17) is 21.1 Å². The predicted molar refractivity (Wildman–Crippen MR) is 69.7 cm³/mol. The maximum Gasteiger partial charge on any atom is 0.258 e. The fourth-order valence-electron chi connectivity index (χ4n) is 1.80. The van der Waals surface area contributed by atoms with E-state index in [1.54, 1.807) is 0 Å². The molecule has 1 amide bonds. The molecule has 0 atom stereocenters. The minimum absolute atomic E-state index is 0.0489. The number of nitrogens with one attached hydrogen (secondary N) is 1. The molecule has 1 aliphatic heterocycles. The average molecular weight is 313 g/mol. The van der Waals surface area contributed by atoms with Crippen LogP contribution in [0.4, 0.5) is 14.5 Å². The zero-order valence-corrected chi connectivity index (χ0v) is 11.1. The Morgan fingerprint density at radius 2 is 2.00 bits per heavy atom. The van der Waals surface area contributed by atoms with Gasteiger partial charge in [0.2, 0.25) is 12.7 Å². The normalized spacial score (nSPS) is 12.3. The van der Waals surface area contributed by atoms with E-state index in [0.29, 0.717) is 11.5 Å². The van der Waals surface area contributed by atoms with Crippen molar-refractivity contribution in [3.05, 3.63) is 46.7 Å². The summed E-state index contributed by atoms with van der Waals surface area (Å²) in [5.74, 6) is -2.68. The van der Waals surface area contributed by atoms with Crippen LogP contribution in [0.2, 0.25) is 5.02 Å². The van der Waals surface area contributed by atoms with Crippen LogP contribution in [0.15, 0.2) is 24.4 Å². The number of ether oxygens (including phenoxy) is 2. The second-order valence-electron chi connectivity index (χ2n) is 4.10. The molecule has 0 spiro atoms. The molecule has 1 N–H and O–H groups in total. The zero-order chi connectivity index (χ0) is 15.0. The lowest BCUT2D eigenvalue weighted by atomic mass is 10.2. The summed E-state index contributed by atoms with van der Waals surface area (Å²) in [5, 5.41) is 2.57. The molecule has 1 aromatic heterocycles. The first-order valence-electron chi connectivity index (χ1n) is 5.77. The highest BCUT2D eigenvalue weighted by atomic mass is 35.5. The Morgan fingerprint density at radius 3 is 2.76 bits per heavy atom. The summed E-state index contributed by atoms with van der Waals surface area (Å²) in [4.78, 5) is 15.1. The smallest absolute Gasteiger partial charge is 0.258 e. The SMILES string of the molecule is O=C(Nc1cc2c(cc1Cl)OCO2)c1ccnc(F)c1F. The third-order valence-electron chi connectivity index (χ3n) is 2.80. The molecule has 0 radical (unpaired) electrons. The van der Waals surface area contributed by atoms with Gasteiger partial charge in [0, 0.05) is 18.3 Å². The van der Waals surface area contributed by atoms with Crippen LogP contribution in [-0.2, 0) is 0 Å². The maximum atomic E-state index is 13.5. The van der Waals surface area contributed by atoms with E-state index >= 15 is 0 Å². The Bertz CT molecular complexity index is 740. The van der Waals surface area contributed by atoms with Crippen LogP contribution in [0.3, 0.4) is 0 Å². The van der Waals surface area contributed by atoms with Gasteiger partial charge in [0.05, 0.1) is 16.3 Å². The number of benzene rings is 1. The summed E-state index contributed by atoms with van der Waals surface area (Å²) in [6, 6.07) is 3.97. The Morgan fingerprint density at radius 1 is 1.29 bits per heavy atom. The molecule has 0 saturated heterocycles. The first-order valence-corrected chi connectivity index (χ1v) is 6.14. The summed E-state index contributed by atoms with van der Waals surface area (Å²) in [6.07, 6.45) is 0.995. The van der Waals surface area contributed by atoms with Crippen LogP contribution in [0.5, 0.6) is 11.5 Å². The molecule has 1 aliphatic rings. The quantitative estimate of drug-likeness (QED) is 0.866. The fraction of sp³-hybridized carbons (Fsp3) is 0.0769. The number of hydrogen-bond acceptors (Lipinski definition) is 4. The molecule has 3 rings (SSSR count). The van der Waals surface area contributed by atoms with Crippen molar-refractivity contribution in [2.24, 2.45) is 0 Å². The molecule has 8 heteroatoms. The lowest BCUT2D eigenvalue weighted by Gasteiger charge is -2.09. The van der Waals surface area contributed by atoms with E-state index in [-0.39, 0.29) is 17.5 Å². The van der Waals surface area contributed by atoms with Crippen molar-refractivity contribution in [3.63, 3.8) is 0 Å². The molecular weight excluding hydrogens is 306 g/mol. The minimum atomic E-state index is -1.35. The zero-order valence-electron chi connectivity index (χ0n) is 10.3. The van der Waals surface area contributed by atoms with Gasteiger partial charge in [-0.2, -0.15) is 4.39 Å². The molecule has 2 aromatic rings. The number of anilines is 1. The van der Waals surface area contributed by atoms with Crippen molar-refractivity contribution in [3.8, 4) is 11.5 Å². The molecule has 0 aliphatic carbocycles. The summed E-state index contributed by atoms with van der Waals surface area (Å²) in [7, 11) is 0. The highest BCUT2D eigenvalue weighted by Crippen LogP contribution is 2.39. The minimum Gasteiger partial charge on any atom is -0.454 e. The monoisotopic (exact) mass is 312 g/mol. The van der Waals surface area contributed by atoms with Crippen LogP contribution in [0, 0.1) is 11.8 Å². The molecule has 1 aromatic carbocycles. The van der Waals surface area contributed by atoms with Crippen molar-refractivity contribution in [1.82, 2.24) is 4.98 Å². The summed E-state index contributed by atoms with van der Waals surface area (Å²) >= 11 is 5.98. The van der Waals surface area contributed by atoms with Crippen molar-refractivity contribution in [2.45, 2.75) is 0 Å². The Kier molecular flexibility index (Phi) is 3.34. The van der Waals surface area contributed by atoms with E-state index < -0.39 is 23.2 Å². The molecule has 0 saturated carbocycles. The molecule has 0 unspecified atom stereocenters. The molecule has 0 bridgehead atoms. The first-order chi connectivity index (χ1) is 10.1. The molecule has 2 heterocycles. The van der Waals surface area contributed by atoms with Crippen LogP contribution < -0.4 is 14.8 Å². The van der Waals surface area contributed by atoms with E-state index in [9.17, 15) is 13.6 Å². The number of nitrogens with zero attached hydrogens (tertiary/aromatic N) is 1. The summed E-state index contributed by atoms with van der Waals surface area (Å²) < 4.78 is 36.8. The standard InChI is InChI=1S/C13H7ClF2N2O3/c14-7-3-9-10(21-5-20-9)4-8(7)18-13(19)6-1-2-17-12(16)11(6)15/h1-4H,5H2,(H,18,19). The Balaban J connectivity index is 1.90. The predicted octanol–water partition coefficient (Wildman–Crippen LogP) is 2.99. The number of carbonyl (C=O) groups is 1. The van der Waals surface area contributed by atoms with E-state index in [2.05, 4.69) is 10.3 Å². The third-order valence-corrected chi connectivity index (χ3v) is 3.11. The van der Waals surface area contributed by atoms with Gasteiger partial charge in [-0.3, -0.25) is 4.79 Å². The Labute approximate surface area is 122 Å². The molecular formula is C13H7ClF2N2O3. The molecule has 5 nitrogen and oxygen atoms in total. The van der Waals surface area contributed by atoms with Gasteiger partial charge >= 0.3 is 0 Å². The number of fused-ring (bicyclic) bond motifs is 1. The van der Waals surface area contributed by atoms with Gasteiger partial charge in [-0.1, -0.05) is 11.6 Å². The number of pyridine rings is 1. The summed E-state index contributed by atoms with van der Waals surface area (Å²) in [6.45, 7) is 0.0489. The van der Waals surface area contributed by atoms with Crippen molar-refractivity contribution >= 4 is 23.2 Å². The largest absolute Gasteiger partial charge is 0.454 e. The average Bonchev–Trinajstić information content (AvgIpc) is 2.89. The van der Waals surface area contributed by atoms with Crippen molar-refractivity contribution in [2.75, 3.05) is 12.1 Å². The number of rotatable bonds is 2. The fourth-order valence-corrected chi connectivity index (χ4v) is 2.00. The van der Waals surface area contributed by atoms with Crippen molar-refractivity contribution in [1.29, 1.82) is 0 Å². The van der Waals surface area contributed by atoms with Gasteiger partial charge in [-0.25, -0.2) is 9.37 Å². The number of amides is 1. The summed E-state index contributed by atoms with van der Waals surface area (Å²) in [5.41, 5.74) is -0.279. The number of halogens is 3. The maximum absolute atomic E-state index is 13.5. The number of hydrogen-bond donors (Lipinski definition) is 1. The topological polar surface area (TPSA) is 60.5 Å².